The van der Waals surface area contributed by atoms with Crippen LogP contribution in [-0.4, -0.2) is 11.7 Å². The molecule has 0 fully saturated rings. The van der Waals surface area contributed by atoms with Crippen molar-refractivity contribution in [2.45, 2.75) is 13.5 Å². The molecular formula is C11H12FNO. The fourth-order valence-corrected chi connectivity index (χ4v) is 1.02. The monoisotopic (exact) mass is 193 g/mol. The SMILES string of the molecule is CC#CCNCc1ccc(O)c(F)c1. The molecule has 0 bridgehead atoms. The largest absolute Gasteiger partial charge is 0.505 e. The molecule has 14 heavy (non-hydrogen) atoms. The lowest BCUT2D eigenvalue weighted by Gasteiger charge is -2.02. The summed E-state index contributed by atoms with van der Waals surface area (Å²) in [6.07, 6.45) is 0. The average Bonchev–Trinajstić information content (AvgIpc) is 2.18. The number of hydrogen-bond acceptors (Lipinski definition) is 2. The van der Waals surface area contributed by atoms with Crippen LogP contribution in [-0.2, 0) is 6.54 Å². The number of phenolic OH excluding ortho intramolecular Hbond substituents is 1. The molecule has 0 atom stereocenters. The zero-order valence-electron chi connectivity index (χ0n) is 7.97. The van der Waals surface area contributed by atoms with Crippen molar-refractivity contribution in [3.05, 3.63) is 29.6 Å². The summed E-state index contributed by atoms with van der Waals surface area (Å²) in [5, 5.41) is 12.0. The molecule has 0 saturated carbocycles. The first kappa shape index (κ1) is 10.6. The second kappa shape index (κ2) is 5.25. The van der Waals surface area contributed by atoms with E-state index in [4.69, 9.17) is 5.11 Å². The predicted octanol–water partition coefficient (Wildman–Crippen LogP) is 1.64. The smallest absolute Gasteiger partial charge is 0.165 e. The number of hydrogen-bond donors (Lipinski definition) is 2. The molecule has 0 saturated heterocycles. The Morgan fingerprint density at radius 3 is 2.93 bits per heavy atom. The summed E-state index contributed by atoms with van der Waals surface area (Å²) >= 11 is 0. The summed E-state index contributed by atoms with van der Waals surface area (Å²) in [5.74, 6) is 4.68. The van der Waals surface area contributed by atoms with Gasteiger partial charge < -0.3 is 10.4 Å². The van der Waals surface area contributed by atoms with Gasteiger partial charge in [-0.25, -0.2) is 4.39 Å². The van der Waals surface area contributed by atoms with Gasteiger partial charge in [-0.1, -0.05) is 12.0 Å². The molecule has 0 aromatic heterocycles. The Hall–Kier alpha value is -1.53. The molecule has 0 unspecified atom stereocenters. The second-order valence-corrected chi connectivity index (χ2v) is 2.82. The average molecular weight is 193 g/mol. The Labute approximate surface area is 82.8 Å². The molecule has 0 aliphatic heterocycles. The maximum absolute atomic E-state index is 12.8. The Bertz CT molecular complexity index is 365. The van der Waals surface area contributed by atoms with Crippen LogP contribution < -0.4 is 5.32 Å². The van der Waals surface area contributed by atoms with E-state index in [2.05, 4.69) is 17.2 Å². The molecule has 0 spiro atoms. The highest BCUT2D eigenvalue weighted by Crippen LogP contribution is 2.15. The van der Waals surface area contributed by atoms with Gasteiger partial charge in [0.25, 0.3) is 0 Å². The highest BCUT2D eigenvalue weighted by Gasteiger charge is 2.00. The minimum atomic E-state index is -0.592. The van der Waals surface area contributed by atoms with E-state index in [1.807, 2.05) is 0 Å². The van der Waals surface area contributed by atoms with E-state index in [1.165, 1.54) is 12.1 Å². The van der Waals surface area contributed by atoms with E-state index in [0.29, 0.717) is 13.1 Å². The normalized spacial score (nSPS) is 9.29. The lowest BCUT2D eigenvalue weighted by molar-refractivity contribution is 0.431. The summed E-state index contributed by atoms with van der Waals surface area (Å²) < 4.78 is 12.8. The van der Waals surface area contributed by atoms with Gasteiger partial charge >= 0.3 is 0 Å². The fraction of sp³-hybridized carbons (Fsp3) is 0.273. The maximum Gasteiger partial charge on any atom is 0.165 e. The van der Waals surface area contributed by atoms with Gasteiger partial charge in [0.2, 0.25) is 0 Å². The first-order valence-corrected chi connectivity index (χ1v) is 4.31. The highest BCUT2D eigenvalue weighted by atomic mass is 19.1. The molecule has 2 nitrogen and oxygen atoms in total. The van der Waals surface area contributed by atoms with E-state index in [1.54, 1.807) is 13.0 Å². The van der Waals surface area contributed by atoms with Gasteiger partial charge in [0, 0.05) is 6.54 Å². The van der Waals surface area contributed by atoms with Crippen molar-refractivity contribution in [1.29, 1.82) is 0 Å². The molecule has 2 N–H and O–H groups in total. The minimum absolute atomic E-state index is 0.318. The van der Waals surface area contributed by atoms with Crippen LogP contribution in [0.2, 0.25) is 0 Å². The van der Waals surface area contributed by atoms with Crippen LogP contribution in [0.1, 0.15) is 12.5 Å². The molecule has 74 valence electrons. The van der Waals surface area contributed by atoms with Crippen molar-refractivity contribution < 1.29 is 9.50 Å². The van der Waals surface area contributed by atoms with Crippen LogP contribution in [0.5, 0.6) is 5.75 Å². The number of nitrogens with one attached hydrogen (secondary N) is 1. The second-order valence-electron chi connectivity index (χ2n) is 2.82. The number of phenols is 1. The van der Waals surface area contributed by atoms with Gasteiger partial charge in [-0.05, 0) is 24.6 Å². The Balaban J connectivity index is 2.50. The molecule has 0 aliphatic carbocycles. The van der Waals surface area contributed by atoms with Crippen LogP contribution in [0, 0.1) is 17.7 Å². The molecular weight excluding hydrogens is 181 g/mol. The van der Waals surface area contributed by atoms with E-state index in [9.17, 15) is 4.39 Å². The van der Waals surface area contributed by atoms with E-state index >= 15 is 0 Å². The van der Waals surface area contributed by atoms with Crippen LogP contribution in [0.25, 0.3) is 0 Å². The van der Waals surface area contributed by atoms with E-state index < -0.39 is 5.82 Å². The lowest BCUT2D eigenvalue weighted by atomic mass is 10.2. The van der Waals surface area contributed by atoms with E-state index in [0.717, 1.165) is 5.56 Å². The van der Waals surface area contributed by atoms with Crippen molar-refractivity contribution >= 4 is 0 Å². The van der Waals surface area contributed by atoms with Gasteiger partial charge in [-0.3, -0.25) is 0 Å². The standard InChI is InChI=1S/C11H12FNO/c1-2-3-6-13-8-9-4-5-11(14)10(12)7-9/h4-5,7,13-14H,6,8H2,1H3. The number of halogens is 1. The Morgan fingerprint density at radius 2 is 2.29 bits per heavy atom. The first-order chi connectivity index (χ1) is 6.74. The molecule has 3 heteroatoms. The van der Waals surface area contributed by atoms with Crippen LogP contribution >= 0.6 is 0 Å². The maximum atomic E-state index is 12.8. The quantitative estimate of drug-likeness (QED) is 0.565. The molecule has 0 amide bonds. The molecule has 0 aliphatic rings. The van der Waals surface area contributed by atoms with Crippen molar-refractivity contribution in [2.75, 3.05) is 6.54 Å². The van der Waals surface area contributed by atoms with Gasteiger partial charge in [-0.2, -0.15) is 0 Å². The van der Waals surface area contributed by atoms with Crippen molar-refractivity contribution in [3.63, 3.8) is 0 Å². The van der Waals surface area contributed by atoms with Crippen LogP contribution in [0.4, 0.5) is 4.39 Å². The molecule has 0 heterocycles. The summed E-state index contributed by atoms with van der Waals surface area (Å²) in [7, 11) is 0. The number of aromatic hydroxyl groups is 1. The summed E-state index contributed by atoms with van der Waals surface area (Å²) in [5.41, 5.74) is 0.790. The molecule has 0 radical (unpaired) electrons. The third kappa shape index (κ3) is 3.08. The fourth-order valence-electron chi connectivity index (χ4n) is 1.02. The van der Waals surface area contributed by atoms with Crippen LogP contribution in [0.3, 0.4) is 0 Å². The van der Waals surface area contributed by atoms with Crippen molar-refractivity contribution in [1.82, 2.24) is 5.32 Å². The predicted molar refractivity (Wildman–Crippen MR) is 53.2 cm³/mol. The van der Waals surface area contributed by atoms with Gasteiger partial charge in [0.05, 0.1) is 6.54 Å². The zero-order valence-corrected chi connectivity index (χ0v) is 7.97. The lowest BCUT2D eigenvalue weighted by Crippen LogP contribution is -2.13. The van der Waals surface area contributed by atoms with Crippen molar-refractivity contribution in [2.24, 2.45) is 0 Å². The minimum Gasteiger partial charge on any atom is -0.505 e. The third-order valence-electron chi connectivity index (χ3n) is 1.73. The number of benzene rings is 1. The van der Waals surface area contributed by atoms with E-state index in [-0.39, 0.29) is 5.75 Å². The Kier molecular flexibility index (Phi) is 3.96. The van der Waals surface area contributed by atoms with Crippen molar-refractivity contribution in [3.8, 4) is 17.6 Å². The zero-order chi connectivity index (χ0) is 10.4. The Morgan fingerprint density at radius 1 is 1.50 bits per heavy atom. The summed E-state index contributed by atoms with van der Waals surface area (Å²) in [6, 6.07) is 4.32. The third-order valence-corrected chi connectivity index (χ3v) is 1.73. The van der Waals surface area contributed by atoms with Crippen LogP contribution in [0.15, 0.2) is 18.2 Å². The van der Waals surface area contributed by atoms with Gasteiger partial charge in [0.1, 0.15) is 0 Å². The van der Waals surface area contributed by atoms with Gasteiger partial charge in [0.15, 0.2) is 11.6 Å². The topological polar surface area (TPSA) is 32.3 Å². The highest BCUT2D eigenvalue weighted by molar-refractivity contribution is 5.27. The summed E-state index contributed by atoms with van der Waals surface area (Å²) in [6.45, 7) is 2.90. The molecule has 1 rings (SSSR count). The first-order valence-electron chi connectivity index (χ1n) is 4.31. The van der Waals surface area contributed by atoms with Gasteiger partial charge in [-0.15, -0.1) is 5.92 Å². The molecule has 1 aromatic rings. The summed E-state index contributed by atoms with van der Waals surface area (Å²) in [4.78, 5) is 0. The number of rotatable bonds is 3. The molecule has 1 aromatic carbocycles.